The Bertz CT molecular complexity index is 994. The molecule has 2 N–H and O–H groups in total. The molecule has 27 heavy (non-hydrogen) atoms. The van der Waals surface area contributed by atoms with Gasteiger partial charge in [-0.05, 0) is 36.8 Å². The van der Waals surface area contributed by atoms with Gasteiger partial charge in [0.2, 0.25) is 5.91 Å². The summed E-state index contributed by atoms with van der Waals surface area (Å²) < 4.78 is 41.0. The van der Waals surface area contributed by atoms with Gasteiger partial charge in [-0.15, -0.1) is 0 Å². The standard InChI is InChI=1S/C18H19FN4O3S/c19-12-3-5-15(6-4-12)27(25,26)23-11-14(22-7-1-2-18(22)24)9-16-17(23)8-13(20)10-21-16/h3-6,8,10,14H,1-2,7,9,11,20H2/t14-/m0/s1. The zero-order valence-corrected chi connectivity index (χ0v) is 15.3. The van der Waals surface area contributed by atoms with Gasteiger partial charge >= 0.3 is 0 Å². The minimum Gasteiger partial charge on any atom is -0.397 e. The van der Waals surface area contributed by atoms with Crippen LogP contribution in [0.15, 0.2) is 41.4 Å². The van der Waals surface area contributed by atoms with Crippen molar-refractivity contribution in [2.24, 2.45) is 0 Å². The molecule has 0 unspecified atom stereocenters. The third-order valence-electron chi connectivity index (χ3n) is 5.00. The van der Waals surface area contributed by atoms with E-state index in [0.29, 0.717) is 36.5 Å². The Morgan fingerprint density at radius 3 is 2.63 bits per heavy atom. The van der Waals surface area contributed by atoms with Gasteiger partial charge in [0.1, 0.15) is 5.82 Å². The second-order valence-corrected chi connectivity index (χ2v) is 8.64. The summed E-state index contributed by atoms with van der Waals surface area (Å²) >= 11 is 0. The minimum atomic E-state index is -3.96. The molecule has 1 amide bonds. The number of nitrogens with two attached hydrogens (primary N) is 1. The molecule has 142 valence electrons. The molecular weight excluding hydrogens is 371 g/mol. The Labute approximate surface area is 156 Å². The molecule has 0 spiro atoms. The smallest absolute Gasteiger partial charge is 0.264 e. The highest BCUT2D eigenvalue weighted by atomic mass is 32.2. The predicted molar refractivity (Wildman–Crippen MR) is 98.0 cm³/mol. The molecule has 9 heteroatoms. The van der Waals surface area contributed by atoms with E-state index >= 15 is 0 Å². The highest BCUT2D eigenvalue weighted by molar-refractivity contribution is 7.92. The fourth-order valence-corrected chi connectivity index (χ4v) is 5.19. The van der Waals surface area contributed by atoms with Crippen LogP contribution in [0.25, 0.3) is 0 Å². The first-order valence-electron chi connectivity index (χ1n) is 8.68. The second-order valence-electron chi connectivity index (χ2n) is 6.77. The van der Waals surface area contributed by atoms with Crippen LogP contribution >= 0.6 is 0 Å². The maximum absolute atomic E-state index is 13.2. The number of carbonyl (C=O) groups excluding carboxylic acids is 1. The zero-order chi connectivity index (χ0) is 19.2. The van der Waals surface area contributed by atoms with Gasteiger partial charge in [0, 0.05) is 19.4 Å². The maximum Gasteiger partial charge on any atom is 0.264 e. The third kappa shape index (κ3) is 3.12. The molecule has 4 rings (SSSR count). The molecule has 2 aliphatic heterocycles. The van der Waals surface area contributed by atoms with Gasteiger partial charge in [-0.3, -0.25) is 14.1 Å². The first kappa shape index (κ1) is 17.7. The molecule has 7 nitrogen and oxygen atoms in total. The molecule has 0 bridgehead atoms. The lowest BCUT2D eigenvalue weighted by Crippen LogP contribution is -2.51. The van der Waals surface area contributed by atoms with Crippen LogP contribution in [0, 0.1) is 5.82 Å². The molecule has 1 fully saturated rings. The number of nitrogens with zero attached hydrogens (tertiary/aromatic N) is 3. The van der Waals surface area contributed by atoms with Crippen molar-refractivity contribution in [1.82, 2.24) is 9.88 Å². The van der Waals surface area contributed by atoms with E-state index < -0.39 is 15.8 Å². The zero-order valence-electron chi connectivity index (χ0n) is 14.5. The summed E-state index contributed by atoms with van der Waals surface area (Å²) in [6.45, 7) is 0.724. The van der Waals surface area contributed by atoms with Gasteiger partial charge in [0.05, 0.1) is 40.7 Å². The topological polar surface area (TPSA) is 96.6 Å². The molecule has 3 heterocycles. The van der Waals surface area contributed by atoms with Crippen molar-refractivity contribution in [3.8, 4) is 0 Å². The van der Waals surface area contributed by atoms with Crippen molar-refractivity contribution in [2.45, 2.75) is 30.2 Å². The number of amides is 1. The number of sulfonamides is 1. The Morgan fingerprint density at radius 2 is 1.96 bits per heavy atom. The van der Waals surface area contributed by atoms with Crippen LogP contribution in [0.4, 0.5) is 15.8 Å². The lowest BCUT2D eigenvalue weighted by atomic mass is 10.0. The SMILES string of the molecule is Nc1cnc2c(c1)N(S(=O)(=O)c1ccc(F)cc1)C[C@@H](N1CCCC1=O)C2. The second kappa shape index (κ2) is 6.49. The van der Waals surface area contributed by atoms with E-state index in [0.717, 1.165) is 18.6 Å². The van der Waals surface area contributed by atoms with Crippen LogP contribution < -0.4 is 10.0 Å². The molecule has 0 radical (unpaired) electrons. The number of hydrogen-bond acceptors (Lipinski definition) is 5. The number of anilines is 2. The number of likely N-dealkylation sites (tertiary alicyclic amines) is 1. The van der Waals surface area contributed by atoms with Crippen molar-refractivity contribution in [3.05, 3.63) is 48.0 Å². The van der Waals surface area contributed by atoms with Crippen LogP contribution in [-0.4, -0.2) is 43.3 Å². The number of carbonyl (C=O) groups is 1. The Morgan fingerprint density at radius 1 is 1.22 bits per heavy atom. The lowest BCUT2D eigenvalue weighted by Gasteiger charge is -2.38. The molecule has 1 atom stereocenters. The number of halogens is 1. The number of rotatable bonds is 3. The highest BCUT2D eigenvalue weighted by Gasteiger charge is 2.39. The molecule has 0 saturated carbocycles. The average Bonchev–Trinajstić information content (AvgIpc) is 3.07. The monoisotopic (exact) mass is 390 g/mol. The Hall–Kier alpha value is -2.68. The molecule has 1 saturated heterocycles. The van der Waals surface area contributed by atoms with Crippen molar-refractivity contribution >= 4 is 27.3 Å². The first-order valence-corrected chi connectivity index (χ1v) is 10.1. The number of hydrogen-bond donors (Lipinski definition) is 1. The molecule has 2 aliphatic rings. The largest absolute Gasteiger partial charge is 0.397 e. The Balaban J connectivity index is 1.78. The van der Waals surface area contributed by atoms with Crippen LogP contribution in [0.3, 0.4) is 0 Å². The van der Waals surface area contributed by atoms with Crippen LogP contribution in [-0.2, 0) is 21.2 Å². The summed E-state index contributed by atoms with van der Waals surface area (Å²) in [7, 11) is -3.96. The fourth-order valence-electron chi connectivity index (χ4n) is 3.67. The normalized spacial score (nSPS) is 20.0. The highest BCUT2D eigenvalue weighted by Crippen LogP contribution is 2.34. The fraction of sp³-hybridized carbons (Fsp3) is 0.333. The van der Waals surface area contributed by atoms with E-state index in [9.17, 15) is 17.6 Å². The van der Waals surface area contributed by atoms with Crippen molar-refractivity contribution < 1.29 is 17.6 Å². The molecule has 1 aromatic carbocycles. The van der Waals surface area contributed by atoms with E-state index in [4.69, 9.17) is 5.73 Å². The number of fused-ring (bicyclic) bond motifs is 1. The average molecular weight is 390 g/mol. The van der Waals surface area contributed by atoms with E-state index in [1.54, 1.807) is 11.0 Å². The van der Waals surface area contributed by atoms with Gasteiger partial charge in [0.25, 0.3) is 10.0 Å². The van der Waals surface area contributed by atoms with Crippen molar-refractivity contribution in [1.29, 1.82) is 0 Å². The predicted octanol–water partition coefficient (Wildman–Crippen LogP) is 1.55. The van der Waals surface area contributed by atoms with Crippen molar-refractivity contribution in [2.75, 3.05) is 23.1 Å². The summed E-state index contributed by atoms with van der Waals surface area (Å²) in [4.78, 5) is 18.2. The lowest BCUT2D eigenvalue weighted by molar-refractivity contribution is -0.129. The van der Waals surface area contributed by atoms with E-state index in [1.165, 1.54) is 22.6 Å². The van der Waals surface area contributed by atoms with E-state index in [1.807, 2.05) is 0 Å². The summed E-state index contributed by atoms with van der Waals surface area (Å²) in [6, 6.07) is 5.96. The van der Waals surface area contributed by atoms with Crippen LogP contribution in [0.1, 0.15) is 18.5 Å². The van der Waals surface area contributed by atoms with Gasteiger partial charge in [-0.1, -0.05) is 0 Å². The number of nitrogen functional groups attached to an aromatic ring is 1. The van der Waals surface area contributed by atoms with Gasteiger partial charge in [-0.25, -0.2) is 12.8 Å². The van der Waals surface area contributed by atoms with Gasteiger partial charge in [-0.2, -0.15) is 0 Å². The molecule has 0 aliphatic carbocycles. The summed E-state index contributed by atoms with van der Waals surface area (Å²) in [5.74, 6) is -0.488. The number of aromatic nitrogens is 1. The first-order chi connectivity index (χ1) is 12.9. The Kier molecular flexibility index (Phi) is 4.26. The molecular formula is C18H19FN4O3S. The maximum atomic E-state index is 13.2. The van der Waals surface area contributed by atoms with Gasteiger partial charge < -0.3 is 10.6 Å². The summed E-state index contributed by atoms with van der Waals surface area (Å²) in [5, 5.41) is 0. The third-order valence-corrected chi connectivity index (χ3v) is 6.79. The summed E-state index contributed by atoms with van der Waals surface area (Å²) in [6.07, 6.45) is 3.19. The van der Waals surface area contributed by atoms with Crippen LogP contribution in [0.5, 0.6) is 0 Å². The van der Waals surface area contributed by atoms with Crippen molar-refractivity contribution in [3.63, 3.8) is 0 Å². The number of pyridine rings is 1. The van der Waals surface area contributed by atoms with E-state index in [2.05, 4.69) is 4.98 Å². The quantitative estimate of drug-likeness (QED) is 0.858. The molecule has 1 aromatic heterocycles. The summed E-state index contributed by atoms with van der Waals surface area (Å²) in [5.41, 5.74) is 7.16. The minimum absolute atomic E-state index is 0.0225. The van der Waals surface area contributed by atoms with Gasteiger partial charge in [0.15, 0.2) is 0 Å². The molecule has 2 aromatic rings. The van der Waals surface area contributed by atoms with Crippen LogP contribution in [0.2, 0.25) is 0 Å². The number of benzene rings is 1. The van der Waals surface area contributed by atoms with E-state index in [-0.39, 0.29) is 23.4 Å².